The first kappa shape index (κ1) is 18.3. The molecule has 0 radical (unpaired) electrons. The molecule has 0 bridgehead atoms. The summed E-state index contributed by atoms with van der Waals surface area (Å²) in [5.41, 5.74) is 1.97. The number of nitrogens with zero attached hydrogens (tertiary/aromatic N) is 2. The third-order valence-electron chi connectivity index (χ3n) is 3.84. The molecule has 1 heterocycles. The number of rotatable bonds is 6. The topological polar surface area (TPSA) is 106 Å². The Morgan fingerprint density at radius 1 is 1.22 bits per heavy atom. The van der Waals surface area contributed by atoms with Gasteiger partial charge in [-0.15, -0.1) is 11.3 Å². The number of ether oxygens (including phenoxy) is 1. The van der Waals surface area contributed by atoms with Gasteiger partial charge in [0.05, 0.1) is 17.7 Å². The fourth-order valence-electron chi connectivity index (χ4n) is 2.43. The Balaban J connectivity index is 1.77. The second-order valence-electron chi connectivity index (χ2n) is 5.46. The van der Waals surface area contributed by atoms with E-state index in [1.807, 2.05) is 29.6 Å². The summed E-state index contributed by atoms with van der Waals surface area (Å²) in [7, 11) is 3.18. The van der Waals surface area contributed by atoms with E-state index in [1.54, 1.807) is 14.2 Å². The highest BCUT2D eigenvalue weighted by Crippen LogP contribution is 2.28. The molecule has 138 valence electrons. The number of aromatic nitrogens is 1. The zero-order chi connectivity index (χ0) is 19.4. The van der Waals surface area contributed by atoms with E-state index in [4.69, 9.17) is 4.74 Å². The van der Waals surface area contributed by atoms with Crippen molar-refractivity contribution in [1.82, 2.24) is 4.98 Å². The van der Waals surface area contributed by atoms with Crippen LogP contribution in [0.4, 0.5) is 16.5 Å². The molecule has 0 aliphatic carbocycles. The van der Waals surface area contributed by atoms with Crippen LogP contribution in [0.15, 0.2) is 47.8 Å². The molecule has 0 saturated heterocycles. The zero-order valence-corrected chi connectivity index (χ0v) is 15.4. The van der Waals surface area contributed by atoms with Gasteiger partial charge in [-0.3, -0.25) is 20.2 Å². The van der Waals surface area contributed by atoms with E-state index < -0.39 is 10.8 Å². The third kappa shape index (κ3) is 4.04. The average Bonchev–Trinajstić information content (AvgIpc) is 3.15. The van der Waals surface area contributed by atoms with Gasteiger partial charge in [-0.25, -0.2) is 4.98 Å². The maximum Gasteiger partial charge on any atom is 0.293 e. The Morgan fingerprint density at radius 2 is 1.96 bits per heavy atom. The number of thiazole rings is 1. The highest BCUT2D eigenvalue weighted by atomic mass is 32.1. The molecule has 0 saturated carbocycles. The molecule has 3 aromatic rings. The first-order valence-corrected chi connectivity index (χ1v) is 8.77. The number of nitrogens with one attached hydrogen (secondary N) is 2. The van der Waals surface area contributed by atoms with Gasteiger partial charge in [0.1, 0.15) is 11.4 Å². The Labute approximate surface area is 159 Å². The molecule has 3 rings (SSSR count). The van der Waals surface area contributed by atoms with Gasteiger partial charge in [0.2, 0.25) is 0 Å². The van der Waals surface area contributed by atoms with Crippen LogP contribution in [0.5, 0.6) is 5.75 Å². The van der Waals surface area contributed by atoms with E-state index in [9.17, 15) is 14.9 Å². The van der Waals surface area contributed by atoms with Crippen LogP contribution in [-0.2, 0) is 0 Å². The molecule has 0 aliphatic rings. The standard InChI is InChI=1S/C18H16N4O4S/c1-19-14-8-5-12(9-16(14)22(24)25)17(23)21-18-20-15(10-27-18)11-3-6-13(26-2)7-4-11/h3-10,19H,1-2H3,(H,20,21,23). The fourth-order valence-corrected chi connectivity index (χ4v) is 3.14. The second-order valence-corrected chi connectivity index (χ2v) is 6.32. The lowest BCUT2D eigenvalue weighted by molar-refractivity contribution is -0.384. The molecule has 2 N–H and O–H groups in total. The first-order chi connectivity index (χ1) is 13.0. The third-order valence-corrected chi connectivity index (χ3v) is 4.59. The van der Waals surface area contributed by atoms with E-state index in [0.29, 0.717) is 10.8 Å². The van der Waals surface area contributed by atoms with Crippen molar-refractivity contribution in [1.29, 1.82) is 0 Å². The van der Waals surface area contributed by atoms with Crippen molar-refractivity contribution >= 4 is 33.8 Å². The average molecular weight is 384 g/mol. The number of carbonyl (C=O) groups excluding carboxylic acids is 1. The van der Waals surface area contributed by atoms with E-state index in [0.717, 1.165) is 17.0 Å². The van der Waals surface area contributed by atoms with Crippen LogP contribution in [0, 0.1) is 10.1 Å². The highest BCUT2D eigenvalue weighted by Gasteiger charge is 2.17. The van der Waals surface area contributed by atoms with Crippen LogP contribution in [0.3, 0.4) is 0 Å². The Hall–Kier alpha value is -3.46. The normalized spacial score (nSPS) is 10.3. The van der Waals surface area contributed by atoms with Crippen molar-refractivity contribution in [2.24, 2.45) is 0 Å². The van der Waals surface area contributed by atoms with Gasteiger partial charge in [-0.2, -0.15) is 0 Å². The molecule has 9 heteroatoms. The number of hydrogen-bond acceptors (Lipinski definition) is 7. The monoisotopic (exact) mass is 384 g/mol. The number of hydrogen-bond donors (Lipinski definition) is 2. The molecule has 2 aromatic carbocycles. The Morgan fingerprint density at radius 3 is 2.59 bits per heavy atom. The molecule has 1 aromatic heterocycles. The predicted octanol–water partition coefficient (Wildman–Crippen LogP) is 4.02. The van der Waals surface area contributed by atoms with Crippen molar-refractivity contribution in [3.05, 3.63) is 63.5 Å². The molecule has 0 spiro atoms. The molecule has 27 heavy (non-hydrogen) atoms. The van der Waals surface area contributed by atoms with E-state index in [-0.39, 0.29) is 11.3 Å². The van der Waals surface area contributed by atoms with Gasteiger partial charge >= 0.3 is 0 Å². The predicted molar refractivity (Wildman–Crippen MR) is 105 cm³/mol. The second kappa shape index (κ2) is 7.83. The largest absolute Gasteiger partial charge is 0.497 e. The van der Waals surface area contributed by atoms with Gasteiger partial charge < -0.3 is 10.1 Å². The summed E-state index contributed by atoms with van der Waals surface area (Å²) in [5.74, 6) is 0.283. The number of anilines is 2. The van der Waals surface area contributed by atoms with Gasteiger partial charge in [0.15, 0.2) is 5.13 Å². The number of methoxy groups -OCH3 is 1. The van der Waals surface area contributed by atoms with Gasteiger partial charge in [-0.1, -0.05) is 0 Å². The number of benzene rings is 2. The number of nitro benzene ring substituents is 1. The van der Waals surface area contributed by atoms with Crippen LogP contribution in [-0.4, -0.2) is 30.0 Å². The van der Waals surface area contributed by atoms with Gasteiger partial charge in [-0.05, 0) is 36.4 Å². The van der Waals surface area contributed by atoms with Crippen molar-refractivity contribution in [2.75, 3.05) is 24.8 Å². The minimum Gasteiger partial charge on any atom is -0.497 e. The molecule has 1 amide bonds. The van der Waals surface area contributed by atoms with Crippen LogP contribution in [0.25, 0.3) is 11.3 Å². The van der Waals surface area contributed by atoms with Gasteiger partial charge in [0.25, 0.3) is 11.6 Å². The minimum absolute atomic E-state index is 0.164. The van der Waals surface area contributed by atoms with Crippen LogP contribution in [0.2, 0.25) is 0 Å². The van der Waals surface area contributed by atoms with Crippen molar-refractivity contribution < 1.29 is 14.5 Å². The van der Waals surface area contributed by atoms with E-state index in [2.05, 4.69) is 15.6 Å². The van der Waals surface area contributed by atoms with E-state index in [1.165, 1.54) is 29.5 Å². The van der Waals surface area contributed by atoms with Gasteiger partial charge in [0, 0.05) is 29.6 Å². The maximum absolute atomic E-state index is 12.4. The molecular weight excluding hydrogens is 368 g/mol. The van der Waals surface area contributed by atoms with Crippen LogP contribution >= 0.6 is 11.3 Å². The lowest BCUT2D eigenvalue weighted by Crippen LogP contribution is -2.12. The molecular formula is C18H16N4O4S. The molecule has 8 nitrogen and oxygen atoms in total. The van der Waals surface area contributed by atoms with Crippen LogP contribution < -0.4 is 15.4 Å². The lowest BCUT2D eigenvalue weighted by Gasteiger charge is -2.05. The summed E-state index contributed by atoms with van der Waals surface area (Å²) >= 11 is 1.27. The summed E-state index contributed by atoms with van der Waals surface area (Å²) in [4.78, 5) is 27.4. The molecule has 0 atom stereocenters. The summed E-state index contributed by atoms with van der Waals surface area (Å²) in [5, 5.41) is 18.8. The Kier molecular flexibility index (Phi) is 5.32. The number of nitro groups is 1. The smallest absolute Gasteiger partial charge is 0.293 e. The molecule has 0 unspecified atom stereocenters. The zero-order valence-electron chi connectivity index (χ0n) is 14.6. The molecule has 0 aliphatic heterocycles. The first-order valence-electron chi connectivity index (χ1n) is 7.89. The minimum atomic E-state index is -0.534. The summed E-state index contributed by atoms with van der Waals surface area (Å²) in [6, 6.07) is 11.7. The molecule has 0 fully saturated rings. The Bertz CT molecular complexity index is 985. The summed E-state index contributed by atoms with van der Waals surface area (Å²) in [6.45, 7) is 0. The number of carbonyl (C=O) groups is 1. The van der Waals surface area contributed by atoms with Crippen LogP contribution in [0.1, 0.15) is 10.4 Å². The summed E-state index contributed by atoms with van der Waals surface area (Å²) < 4.78 is 5.13. The maximum atomic E-state index is 12.4. The van der Waals surface area contributed by atoms with Crippen molar-refractivity contribution in [2.45, 2.75) is 0 Å². The summed E-state index contributed by atoms with van der Waals surface area (Å²) in [6.07, 6.45) is 0. The van der Waals surface area contributed by atoms with Crippen molar-refractivity contribution in [3.8, 4) is 17.0 Å². The lowest BCUT2D eigenvalue weighted by atomic mass is 10.1. The van der Waals surface area contributed by atoms with E-state index >= 15 is 0 Å². The fraction of sp³-hybridized carbons (Fsp3) is 0.111. The highest BCUT2D eigenvalue weighted by molar-refractivity contribution is 7.14. The number of amides is 1. The van der Waals surface area contributed by atoms with Crippen molar-refractivity contribution in [3.63, 3.8) is 0 Å². The SMILES string of the molecule is CNc1ccc(C(=O)Nc2nc(-c3ccc(OC)cc3)cs2)cc1[N+](=O)[O-]. The quantitative estimate of drug-likeness (QED) is 0.491.